The predicted molar refractivity (Wildman–Crippen MR) is 80.4 cm³/mol. The number of carboxylic acids is 1. The van der Waals surface area contributed by atoms with Crippen LogP contribution in [0.4, 0.5) is 0 Å². The SMILES string of the molecule is CC(C)COC(=O)C#C[C@H]1C(C)(C)[C@]1(C(=O)O)C(C)(C)C. The van der Waals surface area contributed by atoms with Gasteiger partial charge in [-0.3, -0.25) is 4.79 Å². The zero-order valence-corrected chi connectivity index (χ0v) is 14.0. The highest BCUT2D eigenvalue weighted by Gasteiger charge is 2.80. The molecule has 1 aliphatic rings. The molecule has 2 atom stereocenters. The third-order valence-electron chi connectivity index (χ3n) is 4.47. The van der Waals surface area contributed by atoms with E-state index in [0.29, 0.717) is 6.61 Å². The van der Waals surface area contributed by atoms with E-state index >= 15 is 0 Å². The van der Waals surface area contributed by atoms with Crippen molar-refractivity contribution in [2.24, 2.45) is 28.1 Å². The van der Waals surface area contributed by atoms with Crippen molar-refractivity contribution in [2.75, 3.05) is 6.61 Å². The standard InChI is InChI=1S/C17H26O4/c1-11(2)10-21-13(18)9-8-12-16(6,7)17(12,14(19)20)15(3,4)5/h11-12H,10H2,1-7H3,(H,19,20)/t12-,17+/m0/s1. The van der Waals surface area contributed by atoms with Gasteiger partial charge in [-0.15, -0.1) is 0 Å². The molecule has 0 saturated heterocycles. The molecule has 0 unspecified atom stereocenters. The highest BCUT2D eigenvalue weighted by atomic mass is 16.5. The van der Waals surface area contributed by atoms with Crippen molar-refractivity contribution >= 4 is 11.9 Å². The maximum absolute atomic E-state index is 11.8. The number of hydrogen-bond acceptors (Lipinski definition) is 3. The Labute approximate surface area is 127 Å². The minimum absolute atomic E-state index is 0.251. The lowest BCUT2D eigenvalue weighted by Crippen LogP contribution is -2.35. The van der Waals surface area contributed by atoms with E-state index in [0.717, 1.165) is 0 Å². The van der Waals surface area contributed by atoms with Gasteiger partial charge in [0.25, 0.3) is 0 Å². The van der Waals surface area contributed by atoms with Gasteiger partial charge in [-0.1, -0.05) is 54.4 Å². The molecule has 0 aliphatic heterocycles. The van der Waals surface area contributed by atoms with Crippen LogP contribution in [-0.4, -0.2) is 23.7 Å². The molecule has 0 heterocycles. The van der Waals surface area contributed by atoms with Crippen molar-refractivity contribution in [2.45, 2.75) is 48.5 Å². The first-order valence-corrected chi connectivity index (χ1v) is 7.30. The quantitative estimate of drug-likeness (QED) is 0.494. The molecule has 0 aromatic rings. The monoisotopic (exact) mass is 294 g/mol. The van der Waals surface area contributed by atoms with Crippen LogP contribution in [0.5, 0.6) is 0 Å². The summed E-state index contributed by atoms with van der Waals surface area (Å²) >= 11 is 0. The molecule has 118 valence electrons. The van der Waals surface area contributed by atoms with Gasteiger partial charge in [0.15, 0.2) is 0 Å². The van der Waals surface area contributed by atoms with Gasteiger partial charge in [0.2, 0.25) is 0 Å². The molecule has 1 N–H and O–H groups in total. The number of esters is 1. The highest BCUT2D eigenvalue weighted by Crippen LogP contribution is 2.75. The molecule has 4 nitrogen and oxygen atoms in total. The second-order valence-electron chi connectivity index (χ2n) is 7.78. The highest BCUT2D eigenvalue weighted by molar-refractivity contribution is 5.90. The summed E-state index contributed by atoms with van der Waals surface area (Å²) in [7, 11) is 0. The smallest absolute Gasteiger partial charge is 0.384 e. The Balaban J connectivity index is 2.96. The molecule has 21 heavy (non-hydrogen) atoms. The summed E-state index contributed by atoms with van der Waals surface area (Å²) in [5, 5.41) is 9.70. The summed E-state index contributed by atoms with van der Waals surface area (Å²) in [5.41, 5.74) is -1.85. The van der Waals surface area contributed by atoms with Gasteiger partial charge in [-0.25, -0.2) is 4.79 Å². The van der Waals surface area contributed by atoms with E-state index in [9.17, 15) is 14.7 Å². The van der Waals surface area contributed by atoms with Crippen molar-refractivity contribution in [3.63, 3.8) is 0 Å². The Hall–Kier alpha value is -1.50. The van der Waals surface area contributed by atoms with Gasteiger partial charge in [-0.05, 0) is 16.7 Å². The fourth-order valence-corrected chi connectivity index (χ4v) is 3.58. The maximum Gasteiger partial charge on any atom is 0.384 e. The van der Waals surface area contributed by atoms with Gasteiger partial charge >= 0.3 is 11.9 Å². The van der Waals surface area contributed by atoms with E-state index in [1.807, 2.05) is 48.5 Å². The van der Waals surface area contributed by atoms with Crippen LogP contribution in [0.25, 0.3) is 0 Å². The van der Waals surface area contributed by atoms with Gasteiger partial charge < -0.3 is 9.84 Å². The molecule has 1 fully saturated rings. The van der Waals surface area contributed by atoms with Crippen LogP contribution in [0.15, 0.2) is 0 Å². The number of ether oxygens (including phenoxy) is 1. The minimum atomic E-state index is -0.939. The summed E-state index contributed by atoms with van der Waals surface area (Å²) in [4.78, 5) is 23.4. The summed E-state index contributed by atoms with van der Waals surface area (Å²) in [5.74, 6) is 3.77. The number of aliphatic carboxylic acids is 1. The van der Waals surface area contributed by atoms with Gasteiger partial charge in [0.05, 0.1) is 12.0 Å². The molecular weight excluding hydrogens is 268 g/mol. The number of carbonyl (C=O) groups excluding carboxylic acids is 1. The molecule has 0 radical (unpaired) electrons. The van der Waals surface area contributed by atoms with E-state index in [2.05, 4.69) is 11.8 Å². The first kappa shape index (κ1) is 17.6. The third-order valence-corrected chi connectivity index (χ3v) is 4.47. The second kappa shape index (κ2) is 5.36. The lowest BCUT2D eigenvalue weighted by atomic mass is 9.72. The first-order valence-electron chi connectivity index (χ1n) is 7.30. The van der Waals surface area contributed by atoms with Crippen LogP contribution in [0.1, 0.15) is 48.5 Å². The average Bonchev–Trinajstić information content (AvgIpc) is 2.80. The van der Waals surface area contributed by atoms with E-state index in [1.165, 1.54) is 0 Å². The Morgan fingerprint density at radius 1 is 1.29 bits per heavy atom. The Kier molecular flexibility index (Phi) is 4.48. The van der Waals surface area contributed by atoms with E-state index in [1.54, 1.807) is 0 Å². The van der Waals surface area contributed by atoms with Gasteiger partial charge in [0.1, 0.15) is 0 Å². The summed E-state index contributed by atoms with van der Waals surface area (Å²) < 4.78 is 5.00. The summed E-state index contributed by atoms with van der Waals surface area (Å²) in [6.45, 7) is 13.7. The van der Waals surface area contributed by atoms with Crippen molar-refractivity contribution < 1.29 is 19.4 Å². The molecule has 0 bridgehead atoms. The second-order valence-corrected chi connectivity index (χ2v) is 7.78. The molecule has 0 amide bonds. The van der Waals surface area contributed by atoms with Crippen LogP contribution in [0, 0.1) is 39.9 Å². The predicted octanol–water partition coefficient (Wildman–Crippen LogP) is 2.96. The number of hydrogen-bond donors (Lipinski definition) is 1. The molecule has 0 aromatic heterocycles. The number of carboxylic acid groups (broad SMARTS) is 1. The fourth-order valence-electron chi connectivity index (χ4n) is 3.58. The molecule has 1 saturated carbocycles. The molecule has 0 spiro atoms. The Bertz CT molecular complexity index is 499. The fraction of sp³-hybridized carbons (Fsp3) is 0.765. The van der Waals surface area contributed by atoms with Crippen molar-refractivity contribution in [1.29, 1.82) is 0 Å². The minimum Gasteiger partial charge on any atom is -0.481 e. The van der Waals surface area contributed by atoms with Gasteiger partial charge in [-0.2, -0.15) is 0 Å². The van der Waals surface area contributed by atoms with Crippen molar-refractivity contribution in [3.8, 4) is 11.8 Å². The zero-order chi connectivity index (χ0) is 16.6. The first-order chi connectivity index (χ1) is 9.39. The maximum atomic E-state index is 11.8. The Morgan fingerprint density at radius 3 is 2.14 bits per heavy atom. The topological polar surface area (TPSA) is 63.6 Å². The molecule has 0 aromatic carbocycles. The summed E-state index contributed by atoms with van der Waals surface area (Å²) in [6.07, 6.45) is 0. The van der Waals surface area contributed by atoms with Crippen LogP contribution < -0.4 is 0 Å². The normalized spacial score (nSPS) is 26.8. The van der Waals surface area contributed by atoms with Gasteiger partial charge in [0, 0.05) is 11.8 Å². The van der Waals surface area contributed by atoms with Crippen LogP contribution in [0.3, 0.4) is 0 Å². The lowest BCUT2D eigenvalue weighted by Gasteiger charge is -2.30. The van der Waals surface area contributed by atoms with Crippen LogP contribution in [0.2, 0.25) is 0 Å². The number of rotatable bonds is 3. The van der Waals surface area contributed by atoms with Crippen LogP contribution in [-0.2, 0) is 14.3 Å². The average molecular weight is 294 g/mol. The van der Waals surface area contributed by atoms with Crippen molar-refractivity contribution in [1.82, 2.24) is 0 Å². The molecule has 1 rings (SSSR count). The largest absolute Gasteiger partial charge is 0.481 e. The van der Waals surface area contributed by atoms with E-state index in [-0.39, 0.29) is 11.8 Å². The Morgan fingerprint density at radius 2 is 1.81 bits per heavy atom. The summed E-state index contributed by atoms with van der Waals surface area (Å²) in [6, 6.07) is 0. The molecule has 1 aliphatic carbocycles. The van der Waals surface area contributed by atoms with Crippen LogP contribution >= 0.6 is 0 Å². The lowest BCUT2D eigenvalue weighted by molar-refractivity contribution is -0.150. The van der Waals surface area contributed by atoms with Crippen molar-refractivity contribution in [3.05, 3.63) is 0 Å². The number of carbonyl (C=O) groups is 2. The third kappa shape index (κ3) is 2.79. The molecule has 4 heteroatoms. The van der Waals surface area contributed by atoms with E-state index in [4.69, 9.17) is 4.74 Å². The molecular formula is C17H26O4. The van der Waals surface area contributed by atoms with E-state index < -0.39 is 28.2 Å². The zero-order valence-electron chi connectivity index (χ0n) is 14.0.